The standard InChI is InChI=1S/C19H18ClFN2O2/c1-12(24)22-14-7-5-13(6-8-14)19(25)23(15-9-10-15)11-16-17(20)3-2-4-18(16)21/h2-8,15H,9-11H2,1H3,(H,22,24). The van der Waals surface area contributed by atoms with Crippen molar-refractivity contribution in [2.45, 2.75) is 32.4 Å². The first kappa shape index (κ1) is 17.4. The van der Waals surface area contributed by atoms with Crippen LogP contribution in [0.3, 0.4) is 0 Å². The minimum atomic E-state index is -0.410. The predicted molar refractivity (Wildman–Crippen MR) is 95.1 cm³/mol. The summed E-state index contributed by atoms with van der Waals surface area (Å²) < 4.78 is 14.1. The number of anilines is 1. The highest BCUT2D eigenvalue weighted by molar-refractivity contribution is 6.31. The first-order valence-corrected chi connectivity index (χ1v) is 8.45. The van der Waals surface area contributed by atoms with Crippen LogP contribution in [0.4, 0.5) is 10.1 Å². The minimum absolute atomic E-state index is 0.109. The number of rotatable bonds is 5. The molecule has 25 heavy (non-hydrogen) atoms. The number of nitrogens with zero attached hydrogens (tertiary/aromatic N) is 1. The van der Waals surface area contributed by atoms with Crippen LogP contribution in [0.1, 0.15) is 35.7 Å². The summed E-state index contributed by atoms with van der Waals surface area (Å²) >= 11 is 6.10. The molecule has 1 N–H and O–H groups in total. The molecule has 6 heteroatoms. The highest BCUT2D eigenvalue weighted by atomic mass is 35.5. The Bertz CT molecular complexity index is 783. The average Bonchev–Trinajstić information content (AvgIpc) is 3.39. The lowest BCUT2D eigenvalue weighted by atomic mass is 10.1. The van der Waals surface area contributed by atoms with Crippen LogP contribution in [-0.4, -0.2) is 22.8 Å². The maximum Gasteiger partial charge on any atom is 0.254 e. The second-order valence-electron chi connectivity index (χ2n) is 6.12. The lowest BCUT2D eigenvalue weighted by Gasteiger charge is -2.23. The van der Waals surface area contributed by atoms with E-state index in [1.807, 2.05) is 0 Å². The van der Waals surface area contributed by atoms with Crippen molar-refractivity contribution in [3.8, 4) is 0 Å². The van der Waals surface area contributed by atoms with Gasteiger partial charge in [-0.05, 0) is 49.2 Å². The van der Waals surface area contributed by atoms with Gasteiger partial charge >= 0.3 is 0 Å². The molecule has 0 unspecified atom stereocenters. The maximum atomic E-state index is 14.1. The fourth-order valence-corrected chi connectivity index (χ4v) is 2.89. The summed E-state index contributed by atoms with van der Waals surface area (Å²) in [5, 5.41) is 2.98. The van der Waals surface area contributed by atoms with Crippen molar-refractivity contribution in [2.75, 3.05) is 5.32 Å². The molecule has 4 nitrogen and oxygen atoms in total. The Morgan fingerprint density at radius 3 is 2.44 bits per heavy atom. The van der Waals surface area contributed by atoms with Crippen LogP contribution in [-0.2, 0) is 11.3 Å². The molecule has 0 spiro atoms. The van der Waals surface area contributed by atoms with Crippen LogP contribution < -0.4 is 5.32 Å². The van der Waals surface area contributed by atoms with E-state index in [-0.39, 0.29) is 24.4 Å². The second-order valence-corrected chi connectivity index (χ2v) is 6.53. The van der Waals surface area contributed by atoms with Gasteiger partial charge in [0, 0.05) is 34.8 Å². The van der Waals surface area contributed by atoms with Crippen LogP contribution in [0.25, 0.3) is 0 Å². The number of halogens is 2. The highest BCUT2D eigenvalue weighted by Crippen LogP contribution is 2.32. The van der Waals surface area contributed by atoms with E-state index in [9.17, 15) is 14.0 Å². The quantitative estimate of drug-likeness (QED) is 0.866. The van der Waals surface area contributed by atoms with E-state index in [1.54, 1.807) is 41.3 Å². The third kappa shape index (κ3) is 4.17. The van der Waals surface area contributed by atoms with Crippen molar-refractivity contribution in [3.63, 3.8) is 0 Å². The first-order valence-electron chi connectivity index (χ1n) is 8.07. The summed E-state index contributed by atoms with van der Waals surface area (Å²) in [6, 6.07) is 11.3. The van der Waals surface area contributed by atoms with E-state index in [0.29, 0.717) is 21.8 Å². The number of hydrogen-bond acceptors (Lipinski definition) is 2. The molecule has 1 fully saturated rings. The van der Waals surface area contributed by atoms with Crippen LogP contribution in [0.15, 0.2) is 42.5 Å². The number of benzene rings is 2. The van der Waals surface area contributed by atoms with Gasteiger partial charge in [-0.25, -0.2) is 4.39 Å². The van der Waals surface area contributed by atoms with Gasteiger partial charge in [0.2, 0.25) is 5.91 Å². The van der Waals surface area contributed by atoms with E-state index in [1.165, 1.54) is 13.0 Å². The Kier molecular flexibility index (Phi) is 5.04. The Morgan fingerprint density at radius 1 is 1.20 bits per heavy atom. The molecule has 0 radical (unpaired) electrons. The normalized spacial score (nSPS) is 13.4. The van der Waals surface area contributed by atoms with Crippen LogP contribution in [0.2, 0.25) is 5.02 Å². The highest BCUT2D eigenvalue weighted by Gasteiger charge is 2.34. The van der Waals surface area contributed by atoms with Gasteiger partial charge in [0.15, 0.2) is 0 Å². The summed E-state index contributed by atoms with van der Waals surface area (Å²) in [5.74, 6) is -0.754. The predicted octanol–water partition coefficient (Wildman–Crippen LogP) is 4.24. The molecule has 0 bridgehead atoms. The molecule has 0 saturated heterocycles. The van der Waals surface area contributed by atoms with Crippen LogP contribution in [0, 0.1) is 5.82 Å². The fraction of sp³-hybridized carbons (Fsp3) is 0.263. The van der Waals surface area contributed by atoms with E-state index in [4.69, 9.17) is 11.6 Å². The van der Waals surface area contributed by atoms with Gasteiger partial charge in [-0.2, -0.15) is 0 Å². The van der Waals surface area contributed by atoms with Crippen molar-refractivity contribution in [1.82, 2.24) is 4.90 Å². The third-order valence-corrected chi connectivity index (χ3v) is 4.44. The molecule has 0 aliphatic heterocycles. The van der Waals surface area contributed by atoms with Gasteiger partial charge in [0.05, 0.1) is 6.54 Å². The molecule has 0 aromatic heterocycles. The molecule has 2 aromatic rings. The van der Waals surface area contributed by atoms with E-state index >= 15 is 0 Å². The van der Waals surface area contributed by atoms with Crippen molar-refractivity contribution >= 4 is 29.1 Å². The number of nitrogens with one attached hydrogen (secondary N) is 1. The second kappa shape index (κ2) is 7.23. The number of carbonyl (C=O) groups excluding carboxylic acids is 2. The molecular weight excluding hydrogens is 343 g/mol. The maximum absolute atomic E-state index is 14.1. The number of hydrogen-bond donors (Lipinski definition) is 1. The van der Waals surface area contributed by atoms with Crippen molar-refractivity contribution in [2.24, 2.45) is 0 Å². The summed E-state index contributed by atoms with van der Waals surface area (Å²) in [6.07, 6.45) is 1.81. The van der Waals surface area contributed by atoms with Crippen molar-refractivity contribution < 1.29 is 14.0 Å². The molecule has 0 atom stereocenters. The molecule has 130 valence electrons. The molecule has 0 heterocycles. The zero-order valence-electron chi connectivity index (χ0n) is 13.8. The van der Waals surface area contributed by atoms with Gasteiger partial charge in [0.25, 0.3) is 5.91 Å². The SMILES string of the molecule is CC(=O)Nc1ccc(C(=O)N(Cc2c(F)cccc2Cl)C2CC2)cc1. The van der Waals surface area contributed by atoms with E-state index < -0.39 is 5.82 Å². The van der Waals surface area contributed by atoms with E-state index in [0.717, 1.165) is 12.8 Å². The van der Waals surface area contributed by atoms with Crippen LogP contribution >= 0.6 is 11.6 Å². The summed E-state index contributed by atoms with van der Waals surface area (Å²) in [4.78, 5) is 25.6. The number of carbonyl (C=O) groups is 2. The van der Waals surface area contributed by atoms with Gasteiger partial charge in [-0.1, -0.05) is 17.7 Å². The topological polar surface area (TPSA) is 49.4 Å². The largest absolute Gasteiger partial charge is 0.331 e. The summed E-state index contributed by atoms with van der Waals surface area (Å²) in [7, 11) is 0. The molecule has 2 aromatic carbocycles. The molecular formula is C19H18ClFN2O2. The third-order valence-electron chi connectivity index (χ3n) is 4.09. The average molecular weight is 361 g/mol. The molecule has 1 saturated carbocycles. The van der Waals surface area contributed by atoms with Gasteiger partial charge in [-0.15, -0.1) is 0 Å². The Labute approximate surface area is 150 Å². The minimum Gasteiger partial charge on any atom is -0.331 e. The lowest BCUT2D eigenvalue weighted by Crippen LogP contribution is -2.33. The van der Waals surface area contributed by atoms with Gasteiger partial charge in [0.1, 0.15) is 5.82 Å². The summed E-state index contributed by atoms with van der Waals surface area (Å²) in [5.41, 5.74) is 1.45. The monoisotopic (exact) mass is 360 g/mol. The molecule has 3 rings (SSSR count). The molecule has 1 aliphatic rings. The van der Waals surface area contributed by atoms with Gasteiger partial charge in [-0.3, -0.25) is 9.59 Å². The Balaban J connectivity index is 1.81. The number of amides is 2. The first-order chi connectivity index (χ1) is 12.0. The molecule has 2 amide bonds. The lowest BCUT2D eigenvalue weighted by molar-refractivity contribution is -0.114. The fourth-order valence-electron chi connectivity index (χ4n) is 2.67. The summed E-state index contributed by atoms with van der Waals surface area (Å²) in [6.45, 7) is 1.56. The van der Waals surface area contributed by atoms with Gasteiger partial charge < -0.3 is 10.2 Å². The van der Waals surface area contributed by atoms with E-state index in [2.05, 4.69) is 5.32 Å². The zero-order chi connectivity index (χ0) is 18.0. The smallest absolute Gasteiger partial charge is 0.254 e. The van der Waals surface area contributed by atoms with Crippen LogP contribution in [0.5, 0.6) is 0 Å². The molecule has 1 aliphatic carbocycles. The van der Waals surface area contributed by atoms with Crippen molar-refractivity contribution in [3.05, 3.63) is 64.4 Å². The van der Waals surface area contributed by atoms with Crippen molar-refractivity contribution in [1.29, 1.82) is 0 Å². The Hall–Kier alpha value is -2.40. The zero-order valence-corrected chi connectivity index (χ0v) is 14.5. The Morgan fingerprint density at radius 2 is 1.88 bits per heavy atom.